The van der Waals surface area contributed by atoms with Gasteiger partial charge in [0.1, 0.15) is 5.75 Å². The van der Waals surface area contributed by atoms with Gasteiger partial charge in [-0.3, -0.25) is 9.78 Å². The fourth-order valence-electron chi connectivity index (χ4n) is 3.47. The predicted octanol–water partition coefficient (Wildman–Crippen LogP) is 4.01. The topological polar surface area (TPSA) is 78.3 Å². The van der Waals surface area contributed by atoms with E-state index in [1.807, 2.05) is 6.92 Å². The molecule has 10 heteroatoms. The number of methoxy groups -OCH3 is 1. The van der Waals surface area contributed by atoms with E-state index in [0.717, 1.165) is 6.07 Å². The van der Waals surface area contributed by atoms with E-state index in [1.54, 1.807) is 18.3 Å². The number of carbonyl (C=O) groups excluding carboxylic acids is 1. The molecule has 1 aliphatic heterocycles. The van der Waals surface area contributed by atoms with Crippen molar-refractivity contribution in [2.24, 2.45) is 0 Å². The maximum atomic E-state index is 13.2. The molecule has 7 nitrogen and oxygen atoms in total. The molecular weight excluding hydrogens is 413 g/mol. The number of rotatable bonds is 4. The molecular formula is C21H19F3N4O3. The molecule has 31 heavy (non-hydrogen) atoms. The van der Waals surface area contributed by atoms with E-state index in [1.165, 1.54) is 30.1 Å². The van der Waals surface area contributed by atoms with Crippen molar-refractivity contribution >= 4 is 11.6 Å². The van der Waals surface area contributed by atoms with Crippen LogP contribution in [0.5, 0.6) is 5.75 Å². The Morgan fingerprint density at radius 2 is 2.13 bits per heavy atom. The van der Waals surface area contributed by atoms with Gasteiger partial charge in [-0.25, -0.2) is 4.68 Å². The maximum Gasteiger partial charge on any atom is 0.419 e. The third kappa shape index (κ3) is 4.11. The highest BCUT2D eigenvalue weighted by molar-refractivity contribution is 6.04. The fraction of sp³-hybridized carbons (Fsp3) is 0.286. The summed E-state index contributed by atoms with van der Waals surface area (Å²) in [5, 5.41) is 7.16. The summed E-state index contributed by atoms with van der Waals surface area (Å²) in [4.78, 5) is 16.8. The molecule has 0 spiro atoms. The summed E-state index contributed by atoms with van der Waals surface area (Å²) in [5.41, 5.74) is 1.42. The fourth-order valence-corrected chi connectivity index (χ4v) is 3.47. The van der Waals surface area contributed by atoms with E-state index in [2.05, 4.69) is 15.4 Å². The molecule has 1 amide bonds. The number of halogens is 3. The molecule has 3 heterocycles. The number of hydrogen-bond donors (Lipinski definition) is 1. The van der Waals surface area contributed by atoms with Crippen molar-refractivity contribution in [3.8, 4) is 11.4 Å². The van der Waals surface area contributed by atoms with Gasteiger partial charge in [0, 0.05) is 24.2 Å². The minimum absolute atomic E-state index is 0.131. The third-order valence-corrected chi connectivity index (χ3v) is 4.95. The number of pyridine rings is 1. The van der Waals surface area contributed by atoms with Crippen molar-refractivity contribution in [1.82, 2.24) is 14.8 Å². The lowest BCUT2D eigenvalue weighted by Gasteiger charge is -2.21. The summed E-state index contributed by atoms with van der Waals surface area (Å²) in [7, 11) is 1.18. The van der Waals surface area contributed by atoms with Crippen LogP contribution in [0.3, 0.4) is 0 Å². The summed E-state index contributed by atoms with van der Waals surface area (Å²) < 4.78 is 51.8. The van der Waals surface area contributed by atoms with Gasteiger partial charge in [0.2, 0.25) is 0 Å². The summed E-state index contributed by atoms with van der Waals surface area (Å²) >= 11 is 0. The quantitative estimate of drug-likeness (QED) is 0.674. The number of ether oxygens (including phenoxy) is 2. The Labute approximate surface area is 175 Å². The zero-order valence-corrected chi connectivity index (χ0v) is 16.7. The van der Waals surface area contributed by atoms with Gasteiger partial charge in [-0.1, -0.05) is 0 Å². The largest absolute Gasteiger partial charge is 0.496 e. The van der Waals surface area contributed by atoms with Crippen LogP contribution in [0.25, 0.3) is 5.69 Å². The number of nitrogens with one attached hydrogen (secondary N) is 1. The van der Waals surface area contributed by atoms with E-state index in [0.29, 0.717) is 29.1 Å². The van der Waals surface area contributed by atoms with Crippen LogP contribution in [0.2, 0.25) is 0 Å². The van der Waals surface area contributed by atoms with Crippen molar-refractivity contribution in [3.05, 3.63) is 65.2 Å². The molecule has 0 saturated carbocycles. The molecule has 1 aliphatic rings. The smallest absolute Gasteiger partial charge is 0.419 e. The number of carbonyl (C=O) groups is 1. The van der Waals surface area contributed by atoms with Gasteiger partial charge >= 0.3 is 6.18 Å². The zero-order chi connectivity index (χ0) is 22.2. The standard InChI is InChI=1S/C21H19F3N4O3/c1-12-8-17-15(11-31-12)19(20(29)26-13-4-3-7-25-10-13)27-28(17)14-5-6-16(21(22,23)24)18(9-14)30-2/h3-7,9-10,12H,8,11H2,1-2H3,(H,26,29). The van der Waals surface area contributed by atoms with Crippen molar-refractivity contribution < 1.29 is 27.4 Å². The van der Waals surface area contributed by atoms with Crippen LogP contribution < -0.4 is 10.1 Å². The molecule has 2 aromatic heterocycles. The second-order valence-corrected chi connectivity index (χ2v) is 7.09. The Bertz CT molecular complexity index is 1110. The lowest BCUT2D eigenvalue weighted by molar-refractivity contribution is -0.138. The SMILES string of the molecule is COc1cc(-n2nc(C(=O)Nc3cccnc3)c3c2CC(C)OC3)ccc1C(F)(F)F. The molecule has 3 aromatic rings. The van der Waals surface area contributed by atoms with Crippen LogP contribution in [-0.2, 0) is 23.9 Å². The maximum absolute atomic E-state index is 13.2. The zero-order valence-electron chi connectivity index (χ0n) is 16.7. The monoisotopic (exact) mass is 432 g/mol. The summed E-state index contributed by atoms with van der Waals surface area (Å²) in [6, 6.07) is 6.89. The van der Waals surface area contributed by atoms with Crippen LogP contribution in [0, 0.1) is 0 Å². The summed E-state index contributed by atoms with van der Waals surface area (Å²) in [6.45, 7) is 2.05. The molecule has 0 fully saturated rings. The minimum Gasteiger partial charge on any atom is -0.496 e. The molecule has 0 bridgehead atoms. The molecule has 162 valence electrons. The second kappa shape index (κ2) is 8.03. The molecule has 1 N–H and O–H groups in total. The molecule has 1 unspecified atom stereocenters. The minimum atomic E-state index is -4.55. The Kier molecular flexibility index (Phi) is 5.40. The van der Waals surface area contributed by atoms with Gasteiger partial charge in [0.25, 0.3) is 5.91 Å². The summed E-state index contributed by atoms with van der Waals surface area (Å²) in [6.07, 6.45) is -1.15. The first kappa shape index (κ1) is 20.9. The van der Waals surface area contributed by atoms with Gasteiger partial charge in [0.05, 0.1) is 48.6 Å². The van der Waals surface area contributed by atoms with Crippen LogP contribution in [0.4, 0.5) is 18.9 Å². The van der Waals surface area contributed by atoms with Crippen LogP contribution in [-0.4, -0.2) is 33.9 Å². The van der Waals surface area contributed by atoms with Crippen molar-refractivity contribution in [1.29, 1.82) is 0 Å². The number of hydrogen-bond acceptors (Lipinski definition) is 5. The van der Waals surface area contributed by atoms with Crippen LogP contribution >= 0.6 is 0 Å². The van der Waals surface area contributed by atoms with Crippen molar-refractivity contribution in [2.45, 2.75) is 32.2 Å². The molecule has 0 saturated heterocycles. The molecule has 1 atom stereocenters. The van der Waals surface area contributed by atoms with E-state index in [9.17, 15) is 18.0 Å². The van der Waals surface area contributed by atoms with E-state index < -0.39 is 17.6 Å². The Hall–Kier alpha value is -3.40. The number of nitrogens with zero attached hydrogens (tertiary/aromatic N) is 3. The van der Waals surface area contributed by atoms with Gasteiger partial charge in [-0.15, -0.1) is 0 Å². The Balaban J connectivity index is 1.77. The van der Waals surface area contributed by atoms with Gasteiger partial charge in [-0.05, 0) is 31.2 Å². The van der Waals surface area contributed by atoms with Gasteiger partial charge in [0.15, 0.2) is 5.69 Å². The number of aromatic nitrogens is 3. The van der Waals surface area contributed by atoms with Crippen LogP contribution in [0.15, 0.2) is 42.7 Å². The number of amides is 1. The number of anilines is 1. The first-order valence-corrected chi connectivity index (χ1v) is 9.47. The average molecular weight is 432 g/mol. The molecule has 0 radical (unpaired) electrons. The first-order valence-electron chi connectivity index (χ1n) is 9.47. The first-order chi connectivity index (χ1) is 14.8. The van der Waals surface area contributed by atoms with E-state index in [-0.39, 0.29) is 24.2 Å². The highest BCUT2D eigenvalue weighted by atomic mass is 19.4. The molecule has 0 aliphatic carbocycles. The predicted molar refractivity (Wildman–Crippen MR) is 105 cm³/mol. The van der Waals surface area contributed by atoms with Crippen molar-refractivity contribution in [3.63, 3.8) is 0 Å². The second-order valence-electron chi connectivity index (χ2n) is 7.09. The van der Waals surface area contributed by atoms with Crippen LogP contribution in [0.1, 0.15) is 34.2 Å². The number of benzene rings is 1. The Morgan fingerprint density at radius 1 is 1.32 bits per heavy atom. The van der Waals surface area contributed by atoms with Gasteiger partial charge in [-0.2, -0.15) is 18.3 Å². The lowest BCUT2D eigenvalue weighted by atomic mass is 10.0. The number of fused-ring (bicyclic) bond motifs is 1. The summed E-state index contributed by atoms with van der Waals surface area (Å²) in [5.74, 6) is -0.782. The van der Waals surface area contributed by atoms with Gasteiger partial charge < -0.3 is 14.8 Å². The lowest BCUT2D eigenvalue weighted by Crippen LogP contribution is -2.22. The van der Waals surface area contributed by atoms with E-state index in [4.69, 9.17) is 9.47 Å². The van der Waals surface area contributed by atoms with Crippen molar-refractivity contribution in [2.75, 3.05) is 12.4 Å². The number of alkyl halides is 3. The Morgan fingerprint density at radius 3 is 2.81 bits per heavy atom. The highest BCUT2D eigenvalue weighted by Gasteiger charge is 2.35. The third-order valence-electron chi connectivity index (χ3n) is 4.95. The molecule has 1 aromatic carbocycles. The highest BCUT2D eigenvalue weighted by Crippen LogP contribution is 2.38. The van der Waals surface area contributed by atoms with E-state index >= 15 is 0 Å². The normalized spacial score (nSPS) is 16.0. The average Bonchev–Trinajstić information content (AvgIpc) is 3.12. The molecule has 4 rings (SSSR count).